The van der Waals surface area contributed by atoms with Crippen LogP contribution < -0.4 is 0 Å². The zero-order valence-corrected chi connectivity index (χ0v) is 11.3. The number of carbonyl (C=O) groups is 1. The molecule has 0 aliphatic heterocycles. The van der Waals surface area contributed by atoms with Crippen molar-refractivity contribution in [2.24, 2.45) is 0 Å². The van der Waals surface area contributed by atoms with Gasteiger partial charge in [-0.1, -0.05) is 6.07 Å². The molecule has 1 fully saturated rings. The zero-order chi connectivity index (χ0) is 14.0. The molecule has 1 saturated carbocycles. The molecular formula is C14H20N2O3. The summed E-state index contributed by atoms with van der Waals surface area (Å²) in [6, 6.07) is 3.27. The Morgan fingerprint density at radius 2 is 2.16 bits per heavy atom. The zero-order valence-electron chi connectivity index (χ0n) is 11.3. The third-order valence-electron chi connectivity index (χ3n) is 3.82. The summed E-state index contributed by atoms with van der Waals surface area (Å²) in [5.74, 6) is -0.212. The molecule has 0 spiro atoms. The fourth-order valence-corrected chi connectivity index (χ4v) is 2.58. The van der Waals surface area contributed by atoms with Crippen LogP contribution in [0.25, 0.3) is 0 Å². The first-order valence-corrected chi connectivity index (χ1v) is 6.57. The van der Waals surface area contributed by atoms with Gasteiger partial charge in [-0.2, -0.15) is 0 Å². The number of amides is 1. The van der Waals surface area contributed by atoms with Crippen LogP contribution in [0.4, 0.5) is 0 Å². The van der Waals surface area contributed by atoms with E-state index in [0.717, 1.165) is 12.0 Å². The molecule has 1 aromatic heterocycles. The van der Waals surface area contributed by atoms with Gasteiger partial charge in [0, 0.05) is 13.2 Å². The van der Waals surface area contributed by atoms with Gasteiger partial charge in [-0.05, 0) is 37.8 Å². The summed E-state index contributed by atoms with van der Waals surface area (Å²) in [5.41, 5.74) is 1.21. The maximum absolute atomic E-state index is 12.4. The van der Waals surface area contributed by atoms with Gasteiger partial charge in [0.1, 0.15) is 11.8 Å². The lowest BCUT2D eigenvalue weighted by Gasteiger charge is -2.37. The van der Waals surface area contributed by atoms with Gasteiger partial charge in [-0.25, -0.2) is 0 Å². The van der Waals surface area contributed by atoms with Gasteiger partial charge in [-0.15, -0.1) is 0 Å². The van der Waals surface area contributed by atoms with Crippen LogP contribution in [-0.2, 0) is 0 Å². The van der Waals surface area contributed by atoms with E-state index in [9.17, 15) is 15.0 Å². The van der Waals surface area contributed by atoms with Crippen LogP contribution in [-0.4, -0.2) is 51.3 Å². The summed E-state index contributed by atoms with van der Waals surface area (Å²) < 4.78 is 0. The van der Waals surface area contributed by atoms with Crippen LogP contribution in [0.5, 0.6) is 0 Å². The lowest BCUT2D eigenvalue weighted by atomic mass is 9.89. The Hall–Kier alpha value is -1.46. The molecule has 5 heteroatoms. The van der Waals surface area contributed by atoms with Crippen LogP contribution in [0.3, 0.4) is 0 Å². The number of nitrogens with zero attached hydrogens (tertiary/aromatic N) is 2. The van der Waals surface area contributed by atoms with E-state index in [4.69, 9.17) is 0 Å². The van der Waals surface area contributed by atoms with Crippen molar-refractivity contribution in [2.45, 2.75) is 44.4 Å². The standard InChI is InChI=1S/C14H20N2O3/c1-9-5-4-8-15-12(9)14(19)16(2)10-6-3-7-11(17)13(10)18/h4-5,8,10-11,13,17-18H,3,6-7H2,1-2H3/t10-,11-,13-/m1/s1. The lowest BCUT2D eigenvalue weighted by molar-refractivity contribution is -0.0527. The summed E-state index contributed by atoms with van der Waals surface area (Å²) in [7, 11) is 1.66. The van der Waals surface area contributed by atoms with Crippen molar-refractivity contribution in [1.29, 1.82) is 0 Å². The van der Waals surface area contributed by atoms with Crippen LogP contribution in [0.15, 0.2) is 18.3 Å². The Morgan fingerprint density at radius 1 is 1.42 bits per heavy atom. The smallest absolute Gasteiger partial charge is 0.272 e. The monoisotopic (exact) mass is 264 g/mol. The van der Waals surface area contributed by atoms with Crippen molar-refractivity contribution in [3.63, 3.8) is 0 Å². The molecular weight excluding hydrogens is 244 g/mol. The van der Waals surface area contributed by atoms with Gasteiger partial charge in [-0.3, -0.25) is 9.78 Å². The third-order valence-corrected chi connectivity index (χ3v) is 3.82. The van der Waals surface area contributed by atoms with Gasteiger partial charge in [0.05, 0.1) is 12.1 Å². The second-order valence-electron chi connectivity index (χ2n) is 5.14. The first-order chi connectivity index (χ1) is 9.02. The number of aryl methyl sites for hydroxylation is 1. The summed E-state index contributed by atoms with van der Waals surface area (Å²) in [5, 5.41) is 19.7. The number of pyridine rings is 1. The number of aromatic nitrogens is 1. The second-order valence-corrected chi connectivity index (χ2v) is 5.14. The summed E-state index contributed by atoms with van der Waals surface area (Å²) >= 11 is 0. The number of carbonyl (C=O) groups excluding carboxylic acids is 1. The molecule has 2 N–H and O–H groups in total. The normalized spacial score (nSPS) is 27.1. The first-order valence-electron chi connectivity index (χ1n) is 6.57. The van der Waals surface area contributed by atoms with Crippen molar-refractivity contribution in [3.05, 3.63) is 29.6 Å². The predicted molar refractivity (Wildman–Crippen MR) is 70.7 cm³/mol. The Morgan fingerprint density at radius 3 is 2.84 bits per heavy atom. The minimum Gasteiger partial charge on any atom is -0.390 e. The molecule has 2 rings (SSSR count). The van der Waals surface area contributed by atoms with Gasteiger partial charge in [0.2, 0.25) is 0 Å². The third kappa shape index (κ3) is 2.77. The Balaban J connectivity index is 2.17. The van der Waals surface area contributed by atoms with E-state index < -0.39 is 12.2 Å². The van der Waals surface area contributed by atoms with Crippen LogP contribution >= 0.6 is 0 Å². The fraction of sp³-hybridized carbons (Fsp3) is 0.571. The largest absolute Gasteiger partial charge is 0.390 e. The van der Waals surface area contributed by atoms with E-state index in [0.29, 0.717) is 18.5 Å². The molecule has 1 aliphatic carbocycles. The summed E-state index contributed by atoms with van der Waals surface area (Å²) in [6.07, 6.45) is 2.04. The van der Waals surface area contributed by atoms with Crippen LogP contribution in [0.1, 0.15) is 35.3 Å². The minimum atomic E-state index is -0.883. The molecule has 0 saturated heterocycles. The molecule has 0 aromatic carbocycles. The maximum Gasteiger partial charge on any atom is 0.272 e. The van der Waals surface area contributed by atoms with Crippen LogP contribution in [0.2, 0.25) is 0 Å². The highest BCUT2D eigenvalue weighted by atomic mass is 16.3. The number of aliphatic hydroxyl groups is 2. The summed E-state index contributed by atoms with van der Waals surface area (Å²) in [6.45, 7) is 1.83. The maximum atomic E-state index is 12.4. The van der Waals surface area contributed by atoms with E-state index >= 15 is 0 Å². The number of hydrogen-bond donors (Lipinski definition) is 2. The molecule has 0 radical (unpaired) electrons. The highest BCUT2D eigenvalue weighted by Crippen LogP contribution is 2.24. The fourth-order valence-electron chi connectivity index (χ4n) is 2.58. The number of aliphatic hydroxyl groups excluding tert-OH is 2. The number of rotatable bonds is 2. The van der Waals surface area contributed by atoms with Crippen molar-refractivity contribution in [2.75, 3.05) is 7.05 Å². The number of likely N-dealkylation sites (N-methyl/N-ethyl adjacent to an activating group) is 1. The van der Waals surface area contributed by atoms with Crippen molar-refractivity contribution < 1.29 is 15.0 Å². The van der Waals surface area contributed by atoms with Crippen molar-refractivity contribution >= 4 is 5.91 Å². The molecule has 104 valence electrons. The molecule has 3 atom stereocenters. The molecule has 5 nitrogen and oxygen atoms in total. The predicted octanol–water partition coefficient (Wildman–Crippen LogP) is 0.736. The van der Waals surface area contributed by atoms with E-state index in [-0.39, 0.29) is 11.9 Å². The highest BCUT2D eigenvalue weighted by Gasteiger charge is 2.35. The average molecular weight is 264 g/mol. The number of hydrogen-bond acceptors (Lipinski definition) is 4. The van der Waals surface area contributed by atoms with Gasteiger partial charge < -0.3 is 15.1 Å². The molecule has 19 heavy (non-hydrogen) atoms. The quantitative estimate of drug-likeness (QED) is 0.826. The van der Waals surface area contributed by atoms with Gasteiger partial charge in [0.25, 0.3) is 5.91 Å². The van der Waals surface area contributed by atoms with E-state index in [1.54, 1.807) is 19.3 Å². The molecule has 0 unspecified atom stereocenters. The molecule has 1 aromatic rings. The Labute approximate surface area is 112 Å². The van der Waals surface area contributed by atoms with Crippen molar-refractivity contribution in [1.82, 2.24) is 9.88 Å². The lowest BCUT2D eigenvalue weighted by Crippen LogP contribution is -2.51. The van der Waals surface area contributed by atoms with Crippen molar-refractivity contribution in [3.8, 4) is 0 Å². The molecule has 1 amide bonds. The topological polar surface area (TPSA) is 73.7 Å². The Kier molecular flexibility index (Phi) is 4.17. The molecule has 1 aliphatic rings. The van der Waals surface area contributed by atoms with E-state index in [1.807, 2.05) is 13.0 Å². The van der Waals surface area contributed by atoms with E-state index in [2.05, 4.69) is 4.98 Å². The molecule has 1 heterocycles. The average Bonchev–Trinajstić information content (AvgIpc) is 2.41. The van der Waals surface area contributed by atoms with Crippen LogP contribution in [0, 0.1) is 6.92 Å². The summed E-state index contributed by atoms with van der Waals surface area (Å²) in [4.78, 5) is 18.0. The second kappa shape index (κ2) is 5.67. The molecule has 0 bridgehead atoms. The highest BCUT2D eigenvalue weighted by molar-refractivity contribution is 5.93. The van der Waals surface area contributed by atoms with Gasteiger partial charge in [0.15, 0.2) is 0 Å². The minimum absolute atomic E-state index is 0.212. The van der Waals surface area contributed by atoms with E-state index in [1.165, 1.54) is 4.90 Å². The van der Waals surface area contributed by atoms with Gasteiger partial charge >= 0.3 is 0 Å². The SMILES string of the molecule is Cc1cccnc1C(=O)N(C)[C@@H]1CCC[C@@H](O)[C@@H]1O. The Bertz CT molecular complexity index is 464. The first kappa shape index (κ1) is 14.0.